The summed E-state index contributed by atoms with van der Waals surface area (Å²) in [5, 5.41) is 9.22. The van der Waals surface area contributed by atoms with Crippen LogP contribution in [0.4, 0.5) is 0 Å². The van der Waals surface area contributed by atoms with E-state index in [-0.39, 0.29) is 11.9 Å². The van der Waals surface area contributed by atoms with E-state index in [1.807, 2.05) is 6.92 Å². The van der Waals surface area contributed by atoms with E-state index in [9.17, 15) is 4.79 Å². The minimum Gasteiger partial charge on any atom is -0.355 e. The summed E-state index contributed by atoms with van der Waals surface area (Å²) in [5.41, 5.74) is 0. The molecule has 3 N–H and O–H groups in total. The van der Waals surface area contributed by atoms with Gasteiger partial charge in [0.25, 0.3) is 0 Å². The zero-order chi connectivity index (χ0) is 8.97. The summed E-state index contributed by atoms with van der Waals surface area (Å²) in [6.07, 6.45) is 0. The monoisotopic (exact) mass is 171 g/mol. The standard InChI is InChI=1S/C8H17N3O/c1-3-9-8(12)7-5-10-6(2)4-11-7/h6-7,10-11H,3-5H2,1-2H3,(H,9,12). The van der Waals surface area contributed by atoms with Crippen LogP contribution in [0, 0.1) is 0 Å². The zero-order valence-electron chi connectivity index (χ0n) is 7.68. The van der Waals surface area contributed by atoms with Gasteiger partial charge in [-0.2, -0.15) is 0 Å². The molecule has 2 atom stereocenters. The fraction of sp³-hybridized carbons (Fsp3) is 0.875. The first-order valence-electron chi connectivity index (χ1n) is 4.48. The molecule has 0 spiro atoms. The second-order valence-electron chi connectivity index (χ2n) is 3.16. The van der Waals surface area contributed by atoms with Crippen LogP contribution in [0.2, 0.25) is 0 Å². The van der Waals surface area contributed by atoms with E-state index in [4.69, 9.17) is 0 Å². The van der Waals surface area contributed by atoms with Crippen molar-refractivity contribution in [1.29, 1.82) is 0 Å². The third-order valence-electron chi connectivity index (χ3n) is 2.01. The molecule has 0 bridgehead atoms. The summed E-state index contributed by atoms with van der Waals surface area (Å²) in [6, 6.07) is 0.414. The number of rotatable bonds is 2. The van der Waals surface area contributed by atoms with Crippen molar-refractivity contribution in [3.8, 4) is 0 Å². The first-order chi connectivity index (χ1) is 5.74. The van der Waals surface area contributed by atoms with Crippen LogP contribution in [0.1, 0.15) is 13.8 Å². The molecule has 1 heterocycles. The van der Waals surface area contributed by atoms with Gasteiger partial charge in [-0.05, 0) is 13.8 Å². The predicted molar refractivity (Wildman–Crippen MR) is 47.9 cm³/mol. The maximum atomic E-state index is 11.3. The molecule has 12 heavy (non-hydrogen) atoms. The van der Waals surface area contributed by atoms with E-state index in [0.717, 1.165) is 13.1 Å². The Morgan fingerprint density at radius 1 is 1.50 bits per heavy atom. The van der Waals surface area contributed by atoms with Crippen molar-refractivity contribution in [3.05, 3.63) is 0 Å². The number of hydrogen-bond donors (Lipinski definition) is 3. The van der Waals surface area contributed by atoms with Crippen LogP contribution in [-0.2, 0) is 4.79 Å². The van der Waals surface area contributed by atoms with Crippen LogP contribution < -0.4 is 16.0 Å². The van der Waals surface area contributed by atoms with Crippen LogP contribution in [-0.4, -0.2) is 37.6 Å². The predicted octanol–water partition coefficient (Wildman–Crippen LogP) is -0.928. The SMILES string of the molecule is CCNC(=O)C1CNC(C)CN1. The Bertz CT molecular complexity index is 152. The molecule has 0 aliphatic carbocycles. The Hall–Kier alpha value is -0.610. The normalized spacial score (nSPS) is 29.8. The quantitative estimate of drug-likeness (QED) is 0.503. The molecular weight excluding hydrogens is 154 g/mol. The number of likely N-dealkylation sites (N-methyl/N-ethyl adjacent to an activating group) is 1. The van der Waals surface area contributed by atoms with Crippen molar-refractivity contribution < 1.29 is 4.79 Å². The van der Waals surface area contributed by atoms with Crippen LogP contribution >= 0.6 is 0 Å². The Labute approximate surface area is 73.1 Å². The lowest BCUT2D eigenvalue weighted by Crippen LogP contribution is -2.58. The maximum absolute atomic E-state index is 11.3. The highest BCUT2D eigenvalue weighted by atomic mass is 16.2. The highest BCUT2D eigenvalue weighted by molar-refractivity contribution is 5.82. The van der Waals surface area contributed by atoms with Crippen molar-refractivity contribution in [2.45, 2.75) is 25.9 Å². The fourth-order valence-corrected chi connectivity index (χ4v) is 1.27. The molecule has 70 valence electrons. The van der Waals surface area contributed by atoms with Gasteiger partial charge in [0.1, 0.15) is 0 Å². The highest BCUT2D eigenvalue weighted by Crippen LogP contribution is 1.92. The molecule has 0 aromatic rings. The van der Waals surface area contributed by atoms with E-state index >= 15 is 0 Å². The van der Waals surface area contributed by atoms with Crippen molar-refractivity contribution in [3.63, 3.8) is 0 Å². The first-order valence-corrected chi connectivity index (χ1v) is 4.48. The smallest absolute Gasteiger partial charge is 0.238 e. The molecule has 1 rings (SSSR count). The van der Waals surface area contributed by atoms with Gasteiger partial charge in [0, 0.05) is 25.7 Å². The molecule has 2 unspecified atom stereocenters. The maximum Gasteiger partial charge on any atom is 0.238 e. The molecule has 1 aliphatic heterocycles. The van der Waals surface area contributed by atoms with Gasteiger partial charge in [-0.15, -0.1) is 0 Å². The summed E-state index contributed by atoms with van der Waals surface area (Å²) in [5.74, 6) is 0.0944. The number of piperazine rings is 1. The minimum absolute atomic E-state index is 0.0545. The van der Waals surface area contributed by atoms with Crippen molar-refractivity contribution >= 4 is 5.91 Å². The number of carbonyl (C=O) groups is 1. The van der Waals surface area contributed by atoms with E-state index in [2.05, 4.69) is 22.9 Å². The van der Waals surface area contributed by atoms with Gasteiger partial charge >= 0.3 is 0 Å². The summed E-state index contributed by atoms with van der Waals surface area (Å²) >= 11 is 0. The number of hydrogen-bond acceptors (Lipinski definition) is 3. The Morgan fingerprint density at radius 3 is 2.75 bits per heavy atom. The lowest BCUT2D eigenvalue weighted by molar-refractivity contribution is -0.123. The van der Waals surface area contributed by atoms with E-state index in [0.29, 0.717) is 12.6 Å². The first kappa shape index (κ1) is 9.48. The molecular formula is C8H17N3O. The number of nitrogens with one attached hydrogen (secondary N) is 3. The van der Waals surface area contributed by atoms with Crippen LogP contribution in [0.3, 0.4) is 0 Å². The van der Waals surface area contributed by atoms with Crippen LogP contribution in [0.5, 0.6) is 0 Å². The van der Waals surface area contributed by atoms with Crippen molar-refractivity contribution in [1.82, 2.24) is 16.0 Å². The Balaban J connectivity index is 2.29. The molecule has 0 saturated carbocycles. The van der Waals surface area contributed by atoms with E-state index in [1.54, 1.807) is 0 Å². The zero-order valence-corrected chi connectivity index (χ0v) is 7.68. The average molecular weight is 171 g/mol. The summed E-state index contributed by atoms with van der Waals surface area (Å²) < 4.78 is 0. The van der Waals surface area contributed by atoms with Gasteiger partial charge in [0.05, 0.1) is 6.04 Å². The Kier molecular flexibility index (Phi) is 3.49. The van der Waals surface area contributed by atoms with Gasteiger partial charge < -0.3 is 16.0 Å². The number of amides is 1. The molecule has 1 fully saturated rings. The second-order valence-corrected chi connectivity index (χ2v) is 3.16. The molecule has 0 aromatic heterocycles. The van der Waals surface area contributed by atoms with Crippen molar-refractivity contribution in [2.24, 2.45) is 0 Å². The van der Waals surface area contributed by atoms with Crippen LogP contribution in [0.25, 0.3) is 0 Å². The summed E-state index contributed by atoms with van der Waals surface area (Å²) in [4.78, 5) is 11.3. The lowest BCUT2D eigenvalue weighted by Gasteiger charge is -2.28. The van der Waals surface area contributed by atoms with Gasteiger partial charge in [0.2, 0.25) is 5.91 Å². The lowest BCUT2D eigenvalue weighted by atomic mass is 10.1. The molecule has 1 saturated heterocycles. The van der Waals surface area contributed by atoms with Crippen LogP contribution in [0.15, 0.2) is 0 Å². The molecule has 1 amide bonds. The molecule has 1 aliphatic rings. The second kappa shape index (κ2) is 4.42. The van der Waals surface area contributed by atoms with Gasteiger partial charge in [-0.1, -0.05) is 0 Å². The van der Waals surface area contributed by atoms with E-state index < -0.39 is 0 Å². The molecule has 0 radical (unpaired) electrons. The van der Waals surface area contributed by atoms with Gasteiger partial charge in [-0.3, -0.25) is 4.79 Å². The summed E-state index contributed by atoms with van der Waals surface area (Å²) in [6.45, 7) is 6.32. The Morgan fingerprint density at radius 2 is 2.25 bits per heavy atom. The topological polar surface area (TPSA) is 53.2 Å². The molecule has 0 aromatic carbocycles. The van der Waals surface area contributed by atoms with Gasteiger partial charge in [-0.25, -0.2) is 0 Å². The fourth-order valence-electron chi connectivity index (χ4n) is 1.27. The minimum atomic E-state index is -0.0545. The van der Waals surface area contributed by atoms with Crippen molar-refractivity contribution in [2.75, 3.05) is 19.6 Å². The van der Waals surface area contributed by atoms with Gasteiger partial charge in [0.15, 0.2) is 0 Å². The van der Waals surface area contributed by atoms with E-state index in [1.165, 1.54) is 0 Å². The summed E-state index contributed by atoms with van der Waals surface area (Å²) in [7, 11) is 0. The molecule has 4 nitrogen and oxygen atoms in total. The third kappa shape index (κ3) is 2.46. The molecule has 4 heteroatoms. The average Bonchev–Trinajstić information content (AvgIpc) is 2.06. The highest BCUT2D eigenvalue weighted by Gasteiger charge is 2.22. The largest absolute Gasteiger partial charge is 0.355 e. The third-order valence-corrected chi connectivity index (χ3v) is 2.01. The number of carbonyl (C=O) groups excluding carboxylic acids is 1.